The summed E-state index contributed by atoms with van der Waals surface area (Å²) < 4.78 is 1.80. The van der Waals surface area contributed by atoms with Crippen molar-refractivity contribution in [3.63, 3.8) is 0 Å². The van der Waals surface area contributed by atoms with Crippen LogP contribution in [-0.2, 0) is 12.5 Å². The molecule has 1 atom stereocenters. The van der Waals surface area contributed by atoms with E-state index in [-0.39, 0.29) is 11.5 Å². The van der Waals surface area contributed by atoms with E-state index in [1.165, 1.54) is 9.88 Å². The van der Waals surface area contributed by atoms with Gasteiger partial charge in [-0.15, -0.1) is 11.3 Å². The molecule has 0 radical (unpaired) electrons. The van der Waals surface area contributed by atoms with Crippen LogP contribution in [0.5, 0.6) is 0 Å². The molecular formula is C14H22N4S. The lowest BCUT2D eigenvalue weighted by atomic mass is 9.98. The van der Waals surface area contributed by atoms with Crippen molar-refractivity contribution in [2.75, 3.05) is 5.32 Å². The lowest BCUT2D eigenvalue weighted by Crippen LogP contribution is -2.10. The first-order valence-electron chi connectivity index (χ1n) is 6.51. The van der Waals surface area contributed by atoms with Gasteiger partial charge in [0, 0.05) is 29.6 Å². The number of nitrogens with zero attached hydrogens (tertiary/aromatic N) is 3. The third-order valence-corrected chi connectivity index (χ3v) is 4.71. The minimum Gasteiger partial charge on any atom is -0.361 e. The zero-order valence-electron chi connectivity index (χ0n) is 12.5. The summed E-state index contributed by atoms with van der Waals surface area (Å²) in [7, 11) is 1.92. The van der Waals surface area contributed by atoms with E-state index in [0.717, 1.165) is 11.5 Å². The van der Waals surface area contributed by atoms with Gasteiger partial charge in [0.2, 0.25) is 0 Å². The first-order valence-corrected chi connectivity index (χ1v) is 7.33. The second-order valence-corrected chi connectivity index (χ2v) is 6.99. The number of hydrogen-bond acceptors (Lipinski definition) is 4. The lowest BCUT2D eigenvalue weighted by molar-refractivity contribution is 0.584. The third-order valence-electron chi connectivity index (χ3n) is 2.95. The normalized spacial score (nSPS) is 13.6. The van der Waals surface area contributed by atoms with Gasteiger partial charge in [-0.2, -0.15) is 5.10 Å². The predicted molar refractivity (Wildman–Crippen MR) is 80.8 cm³/mol. The average Bonchev–Trinajstić information content (AvgIpc) is 2.84. The van der Waals surface area contributed by atoms with Crippen molar-refractivity contribution < 1.29 is 0 Å². The molecule has 2 aromatic heterocycles. The number of aryl methyl sites for hydroxylation is 2. The Hall–Kier alpha value is -1.36. The molecule has 0 amide bonds. The highest BCUT2D eigenvalue weighted by molar-refractivity contribution is 7.12. The molecule has 2 heterocycles. The fourth-order valence-electron chi connectivity index (χ4n) is 1.91. The van der Waals surface area contributed by atoms with E-state index in [0.29, 0.717) is 0 Å². The maximum atomic E-state index is 4.70. The van der Waals surface area contributed by atoms with E-state index >= 15 is 0 Å². The SMILES string of the molecule is Cc1nc(C(C)(C)C)sc1C(C)Nc1ccn(C)n1. The fourth-order valence-corrected chi connectivity index (χ4v) is 3.04. The van der Waals surface area contributed by atoms with Gasteiger partial charge < -0.3 is 5.32 Å². The van der Waals surface area contributed by atoms with Gasteiger partial charge in [0.05, 0.1) is 16.7 Å². The van der Waals surface area contributed by atoms with Gasteiger partial charge in [-0.3, -0.25) is 4.68 Å². The molecule has 0 aliphatic carbocycles. The minimum atomic E-state index is 0.110. The van der Waals surface area contributed by atoms with Crippen LogP contribution >= 0.6 is 11.3 Å². The molecular weight excluding hydrogens is 256 g/mol. The molecule has 0 bridgehead atoms. The smallest absolute Gasteiger partial charge is 0.148 e. The van der Waals surface area contributed by atoms with Crippen LogP contribution in [0.25, 0.3) is 0 Å². The quantitative estimate of drug-likeness (QED) is 0.931. The third kappa shape index (κ3) is 3.15. The molecule has 0 saturated carbocycles. The Bertz CT molecular complexity index is 562. The van der Waals surface area contributed by atoms with Crippen LogP contribution in [0.15, 0.2) is 12.3 Å². The summed E-state index contributed by atoms with van der Waals surface area (Å²) in [6, 6.07) is 2.21. The van der Waals surface area contributed by atoms with Crippen molar-refractivity contribution in [3.05, 3.63) is 27.8 Å². The van der Waals surface area contributed by atoms with E-state index in [1.807, 2.05) is 19.3 Å². The van der Waals surface area contributed by atoms with Gasteiger partial charge >= 0.3 is 0 Å². The molecule has 1 unspecified atom stereocenters. The van der Waals surface area contributed by atoms with Crippen LogP contribution in [0.3, 0.4) is 0 Å². The van der Waals surface area contributed by atoms with Crippen LogP contribution in [0.4, 0.5) is 5.82 Å². The number of aromatic nitrogens is 3. The Morgan fingerprint density at radius 3 is 2.53 bits per heavy atom. The molecule has 0 aromatic carbocycles. The number of anilines is 1. The Labute approximate surface area is 118 Å². The molecule has 5 heteroatoms. The summed E-state index contributed by atoms with van der Waals surface area (Å²) in [5, 5.41) is 8.96. The summed E-state index contributed by atoms with van der Waals surface area (Å²) in [4.78, 5) is 5.99. The van der Waals surface area contributed by atoms with E-state index < -0.39 is 0 Å². The van der Waals surface area contributed by atoms with Crippen LogP contribution in [0, 0.1) is 6.92 Å². The molecule has 0 spiro atoms. The standard InChI is InChI=1S/C14H22N4S/c1-9(15-11-7-8-18(6)17-11)12-10(2)16-13(19-12)14(3,4)5/h7-9H,1-6H3,(H,15,17). The van der Waals surface area contributed by atoms with Gasteiger partial charge in [-0.05, 0) is 13.8 Å². The fraction of sp³-hybridized carbons (Fsp3) is 0.571. The number of thiazole rings is 1. The van der Waals surface area contributed by atoms with Crippen LogP contribution in [0.2, 0.25) is 0 Å². The van der Waals surface area contributed by atoms with Crippen LogP contribution in [-0.4, -0.2) is 14.8 Å². The summed E-state index contributed by atoms with van der Waals surface area (Å²) in [5.41, 5.74) is 1.23. The monoisotopic (exact) mass is 278 g/mol. The van der Waals surface area contributed by atoms with Crippen molar-refractivity contribution in [1.29, 1.82) is 0 Å². The Morgan fingerprint density at radius 1 is 1.37 bits per heavy atom. The molecule has 104 valence electrons. The summed E-state index contributed by atoms with van der Waals surface area (Å²) >= 11 is 1.79. The molecule has 2 rings (SSSR count). The molecule has 0 fully saturated rings. The van der Waals surface area contributed by atoms with Gasteiger partial charge in [0.25, 0.3) is 0 Å². The van der Waals surface area contributed by atoms with Crippen molar-refractivity contribution in [1.82, 2.24) is 14.8 Å². The molecule has 0 saturated heterocycles. The topological polar surface area (TPSA) is 42.7 Å². The van der Waals surface area contributed by atoms with E-state index in [4.69, 9.17) is 4.98 Å². The van der Waals surface area contributed by atoms with E-state index in [9.17, 15) is 0 Å². The van der Waals surface area contributed by atoms with Gasteiger partial charge in [0.1, 0.15) is 5.82 Å². The number of rotatable bonds is 3. The Balaban J connectivity index is 2.19. The number of hydrogen-bond donors (Lipinski definition) is 1. The van der Waals surface area contributed by atoms with Crippen molar-refractivity contribution in [2.45, 2.75) is 46.1 Å². The molecule has 0 aliphatic rings. The average molecular weight is 278 g/mol. The first-order chi connectivity index (χ1) is 8.77. The molecule has 0 aliphatic heterocycles. The van der Waals surface area contributed by atoms with E-state index in [2.05, 4.69) is 45.0 Å². The Kier molecular flexibility index (Phi) is 3.67. The van der Waals surface area contributed by atoms with E-state index in [1.54, 1.807) is 16.0 Å². The maximum Gasteiger partial charge on any atom is 0.148 e. The van der Waals surface area contributed by atoms with Crippen LogP contribution < -0.4 is 5.32 Å². The number of nitrogens with one attached hydrogen (secondary N) is 1. The van der Waals surface area contributed by atoms with Crippen molar-refractivity contribution in [2.24, 2.45) is 7.05 Å². The van der Waals surface area contributed by atoms with Crippen molar-refractivity contribution >= 4 is 17.2 Å². The molecule has 19 heavy (non-hydrogen) atoms. The van der Waals surface area contributed by atoms with Crippen molar-refractivity contribution in [3.8, 4) is 0 Å². The van der Waals surface area contributed by atoms with Gasteiger partial charge in [-0.1, -0.05) is 20.8 Å². The second kappa shape index (κ2) is 4.96. The second-order valence-electron chi connectivity index (χ2n) is 5.96. The van der Waals surface area contributed by atoms with Gasteiger partial charge in [-0.25, -0.2) is 4.98 Å². The zero-order chi connectivity index (χ0) is 14.2. The highest BCUT2D eigenvalue weighted by atomic mass is 32.1. The molecule has 4 nitrogen and oxygen atoms in total. The maximum absolute atomic E-state index is 4.70. The van der Waals surface area contributed by atoms with Crippen LogP contribution in [0.1, 0.15) is 49.3 Å². The Morgan fingerprint density at radius 2 is 2.05 bits per heavy atom. The molecule has 1 N–H and O–H groups in total. The predicted octanol–water partition coefficient (Wildman–Crippen LogP) is 3.66. The summed E-state index contributed by atoms with van der Waals surface area (Å²) in [6.07, 6.45) is 1.94. The summed E-state index contributed by atoms with van der Waals surface area (Å²) in [6.45, 7) is 10.8. The zero-order valence-corrected chi connectivity index (χ0v) is 13.3. The van der Waals surface area contributed by atoms with Gasteiger partial charge in [0.15, 0.2) is 0 Å². The first kappa shape index (κ1) is 14.1. The lowest BCUT2D eigenvalue weighted by Gasteiger charge is -2.14. The largest absolute Gasteiger partial charge is 0.361 e. The highest BCUT2D eigenvalue weighted by Gasteiger charge is 2.22. The molecule has 2 aromatic rings. The summed E-state index contributed by atoms with van der Waals surface area (Å²) in [5.74, 6) is 0.903. The highest BCUT2D eigenvalue weighted by Crippen LogP contribution is 2.33. The minimum absolute atomic E-state index is 0.110.